The molecule has 0 aromatic heterocycles. The van der Waals surface area contributed by atoms with Crippen molar-refractivity contribution in [3.8, 4) is 11.5 Å². The highest BCUT2D eigenvalue weighted by molar-refractivity contribution is 8.00. The molecule has 0 N–H and O–H groups in total. The molecule has 0 radical (unpaired) electrons. The summed E-state index contributed by atoms with van der Waals surface area (Å²) in [5, 5.41) is 0.506. The number of hydrogen-bond donors (Lipinski definition) is 0. The Hall–Kier alpha value is -1.56. The minimum Gasteiger partial charge on any atom is -0.486 e. The van der Waals surface area contributed by atoms with Gasteiger partial charge in [0, 0.05) is 23.2 Å². The average Bonchev–Trinajstić information content (AvgIpc) is 2.54. The molecule has 0 aliphatic carbocycles. The van der Waals surface area contributed by atoms with Gasteiger partial charge in [0.05, 0.1) is 0 Å². The van der Waals surface area contributed by atoms with Crippen molar-refractivity contribution in [1.29, 1.82) is 0 Å². The predicted octanol–water partition coefficient (Wildman–Crippen LogP) is 3.95. The van der Waals surface area contributed by atoms with Crippen molar-refractivity contribution >= 4 is 17.9 Å². The summed E-state index contributed by atoms with van der Waals surface area (Å²) in [4.78, 5) is 15.1. The van der Waals surface area contributed by atoms with Crippen LogP contribution in [-0.2, 0) is 4.74 Å². The summed E-state index contributed by atoms with van der Waals surface area (Å²) in [5.41, 5.74) is -0.437. The lowest BCUT2D eigenvalue weighted by molar-refractivity contribution is 0.0219. The van der Waals surface area contributed by atoms with Crippen molar-refractivity contribution in [3.05, 3.63) is 18.2 Å². The molecule has 0 atom stereocenters. The molecule has 6 heteroatoms. The Morgan fingerprint density at radius 1 is 1.17 bits per heavy atom. The summed E-state index contributed by atoms with van der Waals surface area (Å²) < 4.78 is 16.6. The van der Waals surface area contributed by atoms with E-state index in [-0.39, 0.29) is 6.09 Å². The number of fused-ring (bicyclic) bond motifs is 1. The predicted molar refractivity (Wildman–Crippen MR) is 94.1 cm³/mol. The standard InChI is InChI=1S/C18H25NO4S/c1-18(2,3)23-17(20)19-8-6-13(7-9-19)24-14-4-5-15-16(12-14)22-11-10-21-15/h4-5,12-13H,6-11H2,1-3H3. The second kappa shape index (κ2) is 7.13. The second-order valence-electron chi connectivity index (χ2n) is 7.09. The quantitative estimate of drug-likeness (QED) is 0.807. The Labute approximate surface area is 147 Å². The van der Waals surface area contributed by atoms with Crippen molar-refractivity contribution in [2.45, 2.75) is 49.4 Å². The lowest BCUT2D eigenvalue weighted by Gasteiger charge is -2.33. The van der Waals surface area contributed by atoms with E-state index in [4.69, 9.17) is 14.2 Å². The van der Waals surface area contributed by atoms with Crippen LogP contribution in [0.1, 0.15) is 33.6 Å². The normalized spacial score (nSPS) is 18.4. The van der Waals surface area contributed by atoms with E-state index in [1.807, 2.05) is 43.5 Å². The molecule has 1 saturated heterocycles. The average molecular weight is 351 g/mol. The molecule has 1 amide bonds. The molecule has 1 aromatic rings. The Morgan fingerprint density at radius 2 is 1.83 bits per heavy atom. The lowest BCUT2D eigenvalue weighted by Crippen LogP contribution is -2.42. The maximum atomic E-state index is 12.1. The number of ether oxygens (including phenoxy) is 3. The molecule has 0 saturated carbocycles. The number of benzene rings is 1. The van der Waals surface area contributed by atoms with Crippen LogP contribution in [0.3, 0.4) is 0 Å². The first kappa shape index (κ1) is 17.3. The number of thioether (sulfide) groups is 1. The van der Waals surface area contributed by atoms with Crippen molar-refractivity contribution < 1.29 is 19.0 Å². The number of amides is 1. The highest BCUT2D eigenvalue weighted by Gasteiger charge is 2.27. The summed E-state index contributed by atoms with van der Waals surface area (Å²) >= 11 is 1.85. The number of hydrogen-bond acceptors (Lipinski definition) is 5. The van der Waals surface area contributed by atoms with E-state index in [2.05, 4.69) is 12.1 Å². The molecule has 1 fully saturated rings. The third-order valence-electron chi connectivity index (χ3n) is 3.91. The molecular formula is C18H25NO4S. The van der Waals surface area contributed by atoms with Crippen LogP contribution in [0.2, 0.25) is 0 Å². The molecule has 2 aliphatic heterocycles. The molecule has 24 heavy (non-hydrogen) atoms. The van der Waals surface area contributed by atoms with Crippen molar-refractivity contribution in [3.63, 3.8) is 0 Å². The summed E-state index contributed by atoms with van der Waals surface area (Å²) in [7, 11) is 0. The smallest absolute Gasteiger partial charge is 0.410 e. The zero-order valence-corrected chi connectivity index (χ0v) is 15.4. The summed E-state index contributed by atoms with van der Waals surface area (Å²) in [5.74, 6) is 1.66. The third kappa shape index (κ3) is 4.50. The first-order valence-corrected chi connectivity index (χ1v) is 9.33. The largest absolute Gasteiger partial charge is 0.486 e. The maximum absolute atomic E-state index is 12.1. The van der Waals surface area contributed by atoms with E-state index in [1.165, 1.54) is 4.90 Å². The molecule has 2 heterocycles. The van der Waals surface area contributed by atoms with Gasteiger partial charge in [-0.05, 0) is 51.8 Å². The fourth-order valence-corrected chi connectivity index (χ4v) is 3.93. The molecule has 3 rings (SSSR count). The minimum absolute atomic E-state index is 0.203. The Bertz CT molecular complexity index is 591. The van der Waals surface area contributed by atoms with Gasteiger partial charge in [0.2, 0.25) is 0 Å². The first-order chi connectivity index (χ1) is 11.4. The van der Waals surface area contributed by atoms with E-state index < -0.39 is 5.60 Å². The lowest BCUT2D eigenvalue weighted by atomic mass is 10.1. The van der Waals surface area contributed by atoms with Gasteiger partial charge >= 0.3 is 6.09 Å². The van der Waals surface area contributed by atoms with E-state index in [9.17, 15) is 4.79 Å². The zero-order valence-electron chi connectivity index (χ0n) is 14.5. The van der Waals surface area contributed by atoms with Crippen LogP contribution in [0.5, 0.6) is 11.5 Å². The fraction of sp³-hybridized carbons (Fsp3) is 0.611. The van der Waals surface area contributed by atoms with Crippen LogP contribution in [0.4, 0.5) is 4.79 Å². The highest BCUT2D eigenvalue weighted by Crippen LogP contribution is 2.37. The third-order valence-corrected chi connectivity index (χ3v) is 5.24. The monoisotopic (exact) mass is 351 g/mol. The summed E-state index contributed by atoms with van der Waals surface area (Å²) in [6.45, 7) is 8.41. The molecule has 0 bridgehead atoms. The molecule has 2 aliphatic rings. The van der Waals surface area contributed by atoms with E-state index in [0.29, 0.717) is 18.5 Å². The van der Waals surface area contributed by atoms with E-state index in [0.717, 1.165) is 37.4 Å². The molecule has 0 spiro atoms. The molecule has 0 unspecified atom stereocenters. The topological polar surface area (TPSA) is 48.0 Å². The highest BCUT2D eigenvalue weighted by atomic mass is 32.2. The molecular weight excluding hydrogens is 326 g/mol. The van der Waals surface area contributed by atoms with Crippen molar-refractivity contribution in [2.24, 2.45) is 0 Å². The summed E-state index contributed by atoms with van der Waals surface area (Å²) in [6.07, 6.45) is 1.74. The van der Waals surface area contributed by atoms with Gasteiger partial charge in [0.15, 0.2) is 11.5 Å². The number of rotatable bonds is 2. The van der Waals surface area contributed by atoms with Gasteiger partial charge < -0.3 is 19.1 Å². The Kier molecular flexibility index (Phi) is 5.13. The minimum atomic E-state index is -0.437. The SMILES string of the molecule is CC(C)(C)OC(=O)N1CCC(Sc2ccc3c(c2)OCCO3)CC1. The van der Waals surface area contributed by atoms with E-state index >= 15 is 0 Å². The van der Waals surface area contributed by atoms with Crippen LogP contribution in [0.25, 0.3) is 0 Å². The van der Waals surface area contributed by atoms with Gasteiger partial charge in [-0.3, -0.25) is 0 Å². The number of nitrogens with zero attached hydrogens (tertiary/aromatic N) is 1. The van der Waals surface area contributed by atoms with E-state index in [1.54, 1.807) is 0 Å². The van der Waals surface area contributed by atoms with Gasteiger partial charge in [-0.15, -0.1) is 11.8 Å². The van der Waals surface area contributed by atoms with Crippen LogP contribution in [0.15, 0.2) is 23.1 Å². The van der Waals surface area contributed by atoms with Gasteiger partial charge in [-0.2, -0.15) is 0 Å². The fourth-order valence-electron chi connectivity index (χ4n) is 2.77. The van der Waals surface area contributed by atoms with Crippen LogP contribution >= 0.6 is 11.8 Å². The Morgan fingerprint density at radius 3 is 2.50 bits per heavy atom. The molecule has 132 valence electrons. The van der Waals surface area contributed by atoms with Crippen LogP contribution in [0, 0.1) is 0 Å². The first-order valence-electron chi connectivity index (χ1n) is 8.45. The van der Waals surface area contributed by atoms with Crippen LogP contribution < -0.4 is 9.47 Å². The maximum Gasteiger partial charge on any atom is 0.410 e. The van der Waals surface area contributed by atoms with Gasteiger partial charge in [0.1, 0.15) is 18.8 Å². The Balaban J connectivity index is 1.51. The van der Waals surface area contributed by atoms with Gasteiger partial charge in [0.25, 0.3) is 0 Å². The van der Waals surface area contributed by atoms with Gasteiger partial charge in [-0.1, -0.05) is 0 Å². The number of likely N-dealkylation sites (tertiary alicyclic amines) is 1. The van der Waals surface area contributed by atoms with Crippen LogP contribution in [-0.4, -0.2) is 48.1 Å². The number of carbonyl (C=O) groups excluding carboxylic acids is 1. The molecule has 1 aromatic carbocycles. The number of carbonyl (C=O) groups is 1. The summed E-state index contributed by atoms with van der Waals surface area (Å²) in [6, 6.07) is 6.12. The molecule has 5 nitrogen and oxygen atoms in total. The zero-order chi connectivity index (χ0) is 17.2. The number of piperidine rings is 1. The van der Waals surface area contributed by atoms with Gasteiger partial charge in [-0.25, -0.2) is 4.79 Å². The van der Waals surface area contributed by atoms with Crippen molar-refractivity contribution in [2.75, 3.05) is 26.3 Å². The second-order valence-corrected chi connectivity index (χ2v) is 8.46. The van der Waals surface area contributed by atoms with Crippen molar-refractivity contribution in [1.82, 2.24) is 4.90 Å².